The molecular formula is C12H15N3O. The van der Waals surface area contributed by atoms with Gasteiger partial charge in [-0.05, 0) is 24.8 Å². The molecule has 1 saturated carbocycles. The summed E-state index contributed by atoms with van der Waals surface area (Å²) in [7, 11) is 1.96. The third kappa shape index (κ3) is 2.15. The summed E-state index contributed by atoms with van der Waals surface area (Å²) in [5.41, 5.74) is 1.52. The Morgan fingerprint density at radius 1 is 1.62 bits per heavy atom. The van der Waals surface area contributed by atoms with Crippen molar-refractivity contribution in [3.05, 3.63) is 24.0 Å². The van der Waals surface area contributed by atoms with E-state index in [-0.39, 0.29) is 6.10 Å². The molecule has 84 valence electrons. The van der Waals surface area contributed by atoms with E-state index in [1.165, 1.54) is 0 Å². The number of nitrogens with zero attached hydrogens (tertiary/aromatic N) is 3. The zero-order valence-corrected chi connectivity index (χ0v) is 9.30. The number of hydrogen-bond acceptors (Lipinski definition) is 4. The predicted octanol–water partition coefficient (Wildman–Crippen LogP) is 1.16. The second-order valence-corrected chi connectivity index (χ2v) is 4.38. The van der Waals surface area contributed by atoms with Crippen molar-refractivity contribution in [3.8, 4) is 6.07 Å². The van der Waals surface area contributed by atoms with Crippen LogP contribution in [0.1, 0.15) is 18.4 Å². The van der Waals surface area contributed by atoms with Gasteiger partial charge in [0, 0.05) is 19.8 Å². The molecule has 1 aromatic rings. The second-order valence-electron chi connectivity index (χ2n) is 4.38. The molecule has 0 aliphatic heterocycles. The molecule has 16 heavy (non-hydrogen) atoms. The minimum absolute atomic E-state index is 0.122. The smallest absolute Gasteiger partial charge is 0.101 e. The summed E-state index contributed by atoms with van der Waals surface area (Å²) in [4.78, 5) is 6.08. The quantitative estimate of drug-likeness (QED) is 0.825. The maximum absolute atomic E-state index is 9.22. The predicted molar refractivity (Wildman–Crippen MR) is 61.0 cm³/mol. The lowest BCUT2D eigenvalue weighted by Gasteiger charge is -2.35. The molecule has 1 heterocycles. The van der Waals surface area contributed by atoms with Crippen molar-refractivity contribution in [3.63, 3.8) is 0 Å². The van der Waals surface area contributed by atoms with Crippen LogP contribution in [0.15, 0.2) is 18.5 Å². The molecular weight excluding hydrogens is 202 g/mol. The number of aromatic nitrogens is 1. The first-order valence-corrected chi connectivity index (χ1v) is 5.44. The molecule has 0 saturated heterocycles. The Morgan fingerprint density at radius 2 is 2.38 bits per heavy atom. The first-order valence-electron chi connectivity index (χ1n) is 5.44. The Morgan fingerprint density at radius 3 is 3.00 bits per heavy atom. The summed E-state index contributed by atoms with van der Waals surface area (Å²) in [6.45, 7) is 0.872. The van der Waals surface area contributed by atoms with Gasteiger partial charge in [0.15, 0.2) is 0 Å². The van der Waals surface area contributed by atoms with E-state index in [9.17, 15) is 5.11 Å². The first-order chi connectivity index (χ1) is 7.70. The SMILES string of the molecule is CN(CC1CC(O)C1)c1cnccc1C#N. The van der Waals surface area contributed by atoms with Crippen LogP contribution >= 0.6 is 0 Å². The lowest BCUT2D eigenvalue weighted by Crippen LogP contribution is -2.37. The van der Waals surface area contributed by atoms with Gasteiger partial charge in [-0.3, -0.25) is 4.98 Å². The maximum atomic E-state index is 9.22. The molecule has 0 atom stereocenters. The summed E-state index contributed by atoms with van der Waals surface area (Å²) >= 11 is 0. The average Bonchev–Trinajstić information content (AvgIpc) is 2.27. The van der Waals surface area contributed by atoms with Gasteiger partial charge in [-0.2, -0.15) is 5.26 Å². The van der Waals surface area contributed by atoms with Crippen molar-refractivity contribution >= 4 is 5.69 Å². The highest BCUT2D eigenvalue weighted by Gasteiger charge is 2.28. The fourth-order valence-electron chi connectivity index (χ4n) is 2.12. The fraction of sp³-hybridized carbons (Fsp3) is 0.500. The Kier molecular flexibility index (Phi) is 3.07. The van der Waals surface area contributed by atoms with Crippen LogP contribution in [0.3, 0.4) is 0 Å². The van der Waals surface area contributed by atoms with Crippen molar-refractivity contribution < 1.29 is 5.11 Å². The molecule has 0 unspecified atom stereocenters. The fourth-order valence-corrected chi connectivity index (χ4v) is 2.12. The zero-order chi connectivity index (χ0) is 11.5. The van der Waals surface area contributed by atoms with Crippen molar-refractivity contribution in [1.29, 1.82) is 5.26 Å². The molecule has 1 aliphatic carbocycles. The van der Waals surface area contributed by atoms with Crippen LogP contribution in [-0.4, -0.2) is 29.8 Å². The van der Waals surface area contributed by atoms with Crippen LogP contribution in [-0.2, 0) is 0 Å². The van der Waals surface area contributed by atoms with E-state index < -0.39 is 0 Å². The van der Waals surface area contributed by atoms with Crippen molar-refractivity contribution in [1.82, 2.24) is 4.98 Å². The Balaban J connectivity index is 2.03. The number of aliphatic hydroxyl groups excluding tert-OH is 1. The molecule has 1 aromatic heterocycles. The number of pyridine rings is 1. The van der Waals surface area contributed by atoms with Crippen LogP contribution < -0.4 is 4.90 Å². The summed E-state index contributed by atoms with van der Waals surface area (Å²) in [5.74, 6) is 0.534. The molecule has 1 aliphatic rings. The van der Waals surface area contributed by atoms with E-state index in [0.29, 0.717) is 11.5 Å². The van der Waals surface area contributed by atoms with E-state index in [2.05, 4.69) is 11.1 Å². The van der Waals surface area contributed by atoms with Gasteiger partial charge in [-0.25, -0.2) is 0 Å². The van der Waals surface area contributed by atoms with Crippen molar-refractivity contribution in [2.24, 2.45) is 5.92 Å². The number of anilines is 1. The van der Waals surface area contributed by atoms with Gasteiger partial charge in [0.05, 0.1) is 23.6 Å². The minimum Gasteiger partial charge on any atom is -0.393 e. The Hall–Kier alpha value is -1.60. The molecule has 0 spiro atoms. The summed E-state index contributed by atoms with van der Waals surface area (Å²) < 4.78 is 0. The van der Waals surface area contributed by atoms with Gasteiger partial charge in [0.2, 0.25) is 0 Å². The number of aliphatic hydroxyl groups is 1. The Bertz CT molecular complexity index is 407. The molecule has 1 N–H and O–H groups in total. The van der Waals surface area contributed by atoms with Crippen LogP contribution in [0.4, 0.5) is 5.69 Å². The normalized spacial score (nSPS) is 23.3. The zero-order valence-electron chi connectivity index (χ0n) is 9.30. The third-order valence-corrected chi connectivity index (χ3v) is 3.07. The number of hydrogen-bond donors (Lipinski definition) is 1. The lowest BCUT2D eigenvalue weighted by atomic mass is 9.82. The number of rotatable bonds is 3. The van der Waals surface area contributed by atoms with Gasteiger partial charge < -0.3 is 10.0 Å². The number of nitriles is 1. The van der Waals surface area contributed by atoms with Gasteiger partial charge in [-0.15, -0.1) is 0 Å². The van der Waals surface area contributed by atoms with Crippen LogP contribution in [0.2, 0.25) is 0 Å². The molecule has 4 nitrogen and oxygen atoms in total. The molecule has 0 radical (unpaired) electrons. The van der Waals surface area contributed by atoms with E-state index in [1.54, 1.807) is 18.5 Å². The van der Waals surface area contributed by atoms with E-state index in [4.69, 9.17) is 5.26 Å². The van der Waals surface area contributed by atoms with Gasteiger partial charge in [0.25, 0.3) is 0 Å². The maximum Gasteiger partial charge on any atom is 0.101 e. The summed E-state index contributed by atoms with van der Waals surface area (Å²) in [6.07, 6.45) is 4.96. The lowest BCUT2D eigenvalue weighted by molar-refractivity contribution is 0.0465. The first kappa shape index (κ1) is 10.9. The Labute approximate surface area is 95.1 Å². The highest BCUT2D eigenvalue weighted by molar-refractivity contribution is 5.57. The monoisotopic (exact) mass is 217 g/mol. The molecule has 0 amide bonds. The van der Waals surface area contributed by atoms with Gasteiger partial charge >= 0.3 is 0 Å². The van der Waals surface area contributed by atoms with Crippen molar-refractivity contribution in [2.45, 2.75) is 18.9 Å². The van der Waals surface area contributed by atoms with Crippen LogP contribution in [0.25, 0.3) is 0 Å². The third-order valence-electron chi connectivity index (χ3n) is 3.07. The second kappa shape index (κ2) is 4.50. The topological polar surface area (TPSA) is 60.1 Å². The van der Waals surface area contributed by atoms with Gasteiger partial charge in [-0.1, -0.05) is 0 Å². The standard InChI is InChI=1S/C12H15N3O/c1-15(8-9-4-11(16)5-9)12-7-14-3-2-10(12)6-13/h2-3,7,9,11,16H,4-5,8H2,1H3. The largest absolute Gasteiger partial charge is 0.393 e. The van der Waals surface area contributed by atoms with E-state index in [0.717, 1.165) is 25.1 Å². The summed E-state index contributed by atoms with van der Waals surface area (Å²) in [5, 5.41) is 18.2. The highest BCUT2D eigenvalue weighted by Crippen LogP contribution is 2.29. The highest BCUT2D eigenvalue weighted by atomic mass is 16.3. The van der Waals surface area contributed by atoms with Crippen LogP contribution in [0.5, 0.6) is 0 Å². The van der Waals surface area contributed by atoms with E-state index in [1.807, 2.05) is 11.9 Å². The molecule has 0 aromatic carbocycles. The minimum atomic E-state index is -0.122. The molecule has 4 heteroatoms. The molecule has 2 rings (SSSR count). The van der Waals surface area contributed by atoms with Gasteiger partial charge in [0.1, 0.15) is 6.07 Å². The summed E-state index contributed by atoms with van der Waals surface area (Å²) in [6, 6.07) is 3.89. The van der Waals surface area contributed by atoms with E-state index >= 15 is 0 Å². The van der Waals surface area contributed by atoms with Crippen molar-refractivity contribution in [2.75, 3.05) is 18.5 Å². The molecule has 0 bridgehead atoms. The average molecular weight is 217 g/mol. The van der Waals surface area contributed by atoms with Crippen LogP contribution in [0, 0.1) is 17.2 Å². The molecule has 1 fully saturated rings.